The van der Waals surface area contributed by atoms with Crippen LogP contribution in [0.5, 0.6) is 0 Å². The van der Waals surface area contributed by atoms with Gasteiger partial charge in [-0.25, -0.2) is 0 Å². The van der Waals surface area contributed by atoms with E-state index in [1.807, 2.05) is 6.08 Å². The smallest absolute Gasteiger partial charge is 0.257 e. The number of aliphatic hydroxyl groups is 1. The van der Waals surface area contributed by atoms with Crippen molar-refractivity contribution in [2.75, 3.05) is 34.4 Å². The molecule has 3 atom stereocenters. The predicted molar refractivity (Wildman–Crippen MR) is 188 cm³/mol. The zero-order valence-electron chi connectivity index (χ0n) is 29.9. The summed E-state index contributed by atoms with van der Waals surface area (Å²) >= 11 is 6.06. The summed E-state index contributed by atoms with van der Waals surface area (Å²) in [6.45, 7) is 13.1. The normalized spacial score (nSPS) is 17.4. The van der Waals surface area contributed by atoms with Crippen molar-refractivity contribution in [1.29, 1.82) is 0 Å². The fourth-order valence-electron chi connectivity index (χ4n) is 5.00. The van der Waals surface area contributed by atoms with E-state index < -0.39 is 32.3 Å². The first-order valence-electron chi connectivity index (χ1n) is 16.7. The first-order valence-corrected chi connectivity index (χ1v) is 20.1. The van der Waals surface area contributed by atoms with Gasteiger partial charge in [0.15, 0.2) is 8.32 Å². The number of nitrogens with zero attached hydrogens (tertiary/aromatic N) is 2. The van der Waals surface area contributed by atoms with Gasteiger partial charge in [0.1, 0.15) is 11.8 Å². The molecule has 1 heterocycles. The summed E-state index contributed by atoms with van der Waals surface area (Å²) in [6.07, 6.45) is 13.4. The van der Waals surface area contributed by atoms with Gasteiger partial charge in [-0.1, -0.05) is 83.6 Å². The molecule has 1 aliphatic rings. The monoisotopic (exact) mass is 684 g/mol. The van der Waals surface area contributed by atoms with Crippen LogP contribution in [0.4, 0.5) is 0 Å². The molecule has 0 saturated heterocycles. The first-order chi connectivity index (χ1) is 21.6. The lowest BCUT2D eigenvalue weighted by molar-refractivity contribution is -0.145. The van der Waals surface area contributed by atoms with Crippen molar-refractivity contribution in [2.45, 2.75) is 135 Å². The molecule has 1 N–H and O–H groups in total. The van der Waals surface area contributed by atoms with E-state index in [4.69, 9.17) is 25.5 Å². The van der Waals surface area contributed by atoms with Gasteiger partial charge in [0.25, 0.3) is 5.91 Å². The van der Waals surface area contributed by atoms with E-state index in [2.05, 4.69) is 46.9 Å². The fourth-order valence-corrected chi connectivity index (χ4v) is 6.17. The van der Waals surface area contributed by atoms with E-state index in [0.717, 1.165) is 17.7 Å². The Morgan fingerprint density at radius 3 is 2.39 bits per heavy atom. The van der Waals surface area contributed by atoms with Gasteiger partial charge in [-0.2, -0.15) is 0 Å². The number of unbranched alkanes of at least 4 members (excludes halogenated alkanes) is 4. The molecule has 46 heavy (non-hydrogen) atoms. The maximum atomic E-state index is 13.3. The summed E-state index contributed by atoms with van der Waals surface area (Å²) in [5, 5.41) is 10.8. The topological polar surface area (TPSA) is 106 Å². The van der Waals surface area contributed by atoms with Gasteiger partial charge in [-0.15, -0.1) is 0 Å². The highest BCUT2D eigenvalue weighted by Gasteiger charge is 2.43. The number of likely N-dealkylation sites (N-methyl/N-ethyl adjacent to an activating group) is 1. The van der Waals surface area contributed by atoms with Crippen molar-refractivity contribution < 1.29 is 33.4 Å². The number of ether oxygens (including phenoxy) is 2. The molecule has 264 valence electrons. The number of carbonyl (C=O) groups excluding carboxylic acids is 3. The third kappa shape index (κ3) is 14.4. The summed E-state index contributed by atoms with van der Waals surface area (Å²) in [5.41, 5.74) is 1.95. The Kier molecular flexibility index (Phi) is 19.3. The zero-order chi connectivity index (χ0) is 34.9. The number of hydrogen-bond acceptors (Lipinski definition) is 7. The van der Waals surface area contributed by atoms with Crippen LogP contribution in [0, 0.1) is 0 Å². The SMILES string of the molecule is CCCCCCC[C@@H](C/C=C/CCC(=O)N(C)C/C(=C\Cl)CC(O)CC(=O)N1C(=O)C=C(OC)[C@@H]1CO[Si](C)(C)C(C)(C)C)OC. The van der Waals surface area contributed by atoms with Crippen LogP contribution in [0.15, 0.2) is 35.1 Å². The second kappa shape index (κ2) is 21.1. The predicted octanol–water partition coefficient (Wildman–Crippen LogP) is 7.10. The van der Waals surface area contributed by atoms with Crippen molar-refractivity contribution in [3.8, 4) is 0 Å². The van der Waals surface area contributed by atoms with E-state index in [-0.39, 0.29) is 43.0 Å². The maximum Gasteiger partial charge on any atom is 0.257 e. The van der Waals surface area contributed by atoms with Gasteiger partial charge in [0.2, 0.25) is 11.8 Å². The number of halogens is 1. The number of allylic oxidation sites excluding steroid dienone is 1. The van der Waals surface area contributed by atoms with Crippen LogP contribution in [0.3, 0.4) is 0 Å². The van der Waals surface area contributed by atoms with Crippen LogP contribution >= 0.6 is 11.6 Å². The summed E-state index contributed by atoms with van der Waals surface area (Å²) in [6, 6.07) is -0.692. The largest absolute Gasteiger partial charge is 0.499 e. The van der Waals surface area contributed by atoms with Crippen LogP contribution in [-0.4, -0.2) is 93.6 Å². The molecule has 1 rings (SSSR count). The van der Waals surface area contributed by atoms with Crippen molar-refractivity contribution in [3.63, 3.8) is 0 Å². The lowest BCUT2D eigenvalue weighted by Gasteiger charge is -2.38. The van der Waals surface area contributed by atoms with Gasteiger partial charge >= 0.3 is 0 Å². The Morgan fingerprint density at radius 1 is 1.13 bits per heavy atom. The van der Waals surface area contributed by atoms with Crippen LogP contribution in [-0.2, 0) is 28.3 Å². The average Bonchev–Trinajstić information content (AvgIpc) is 3.32. The molecule has 9 nitrogen and oxygen atoms in total. The molecule has 0 spiro atoms. The fraction of sp³-hybridized carbons (Fsp3) is 0.743. The molecule has 3 amide bonds. The molecule has 0 aromatic heterocycles. The molecule has 0 aromatic carbocycles. The third-order valence-corrected chi connectivity index (χ3v) is 13.8. The molecule has 0 saturated carbocycles. The summed E-state index contributed by atoms with van der Waals surface area (Å²) in [7, 11) is 2.74. The number of aliphatic hydroxyl groups excluding tert-OH is 1. The van der Waals surface area contributed by atoms with Crippen LogP contribution in [0.2, 0.25) is 18.1 Å². The first kappa shape index (κ1) is 42.0. The standard InChI is InChI=1S/C35H61ClN2O7Si/c1-10-11-12-13-15-18-29(43-6)19-16-14-17-20-32(40)37(5)25-27(24-36)21-28(39)22-33(41)38-30(31(44-7)23-34(38)42)26-45-46(8,9)35(2,3)4/h14,16,23-24,28-30,39H,10-13,15,17-22,25-26H2,1-9H3/b16-14+,27-24-/t28?,29-,30-/m0/s1. The van der Waals surface area contributed by atoms with E-state index in [9.17, 15) is 19.5 Å². The molecule has 0 bridgehead atoms. The summed E-state index contributed by atoms with van der Waals surface area (Å²) < 4.78 is 17.3. The molecule has 0 fully saturated rings. The van der Waals surface area contributed by atoms with Gasteiger partial charge in [-0.3, -0.25) is 19.3 Å². The average molecular weight is 685 g/mol. The quantitative estimate of drug-likeness (QED) is 0.0737. The minimum atomic E-state index is -2.16. The number of imide groups is 1. The van der Waals surface area contributed by atoms with Crippen molar-refractivity contribution >= 4 is 37.6 Å². The number of hydrogen-bond donors (Lipinski definition) is 1. The van der Waals surface area contributed by atoms with Crippen molar-refractivity contribution in [3.05, 3.63) is 35.1 Å². The zero-order valence-corrected chi connectivity index (χ0v) is 31.7. The maximum absolute atomic E-state index is 13.3. The number of carbonyl (C=O) groups is 3. The van der Waals surface area contributed by atoms with E-state index >= 15 is 0 Å². The molecule has 0 aliphatic carbocycles. The Balaban J connectivity index is 2.60. The molecule has 0 radical (unpaired) electrons. The summed E-state index contributed by atoms with van der Waals surface area (Å²) in [4.78, 5) is 41.5. The van der Waals surface area contributed by atoms with Crippen molar-refractivity contribution in [2.24, 2.45) is 0 Å². The highest BCUT2D eigenvalue weighted by Crippen LogP contribution is 2.37. The molecular formula is C35H61ClN2O7Si. The molecule has 11 heteroatoms. The lowest BCUT2D eigenvalue weighted by Crippen LogP contribution is -2.48. The molecule has 0 aromatic rings. The highest BCUT2D eigenvalue weighted by atomic mass is 35.5. The van der Waals surface area contributed by atoms with E-state index in [1.54, 1.807) is 19.1 Å². The molecule has 1 aliphatic heterocycles. The third-order valence-electron chi connectivity index (χ3n) is 9.04. The Morgan fingerprint density at radius 2 is 1.80 bits per heavy atom. The second-order valence-electron chi connectivity index (χ2n) is 13.8. The van der Waals surface area contributed by atoms with Crippen molar-refractivity contribution in [1.82, 2.24) is 9.80 Å². The number of amides is 3. The van der Waals surface area contributed by atoms with Crippen LogP contribution in [0.1, 0.15) is 98.3 Å². The molecule has 1 unspecified atom stereocenters. The van der Waals surface area contributed by atoms with E-state index in [0.29, 0.717) is 24.2 Å². The summed E-state index contributed by atoms with van der Waals surface area (Å²) in [5.74, 6) is -0.706. The van der Waals surface area contributed by atoms with Crippen LogP contribution in [0.25, 0.3) is 0 Å². The second-order valence-corrected chi connectivity index (χ2v) is 18.9. The highest BCUT2D eigenvalue weighted by molar-refractivity contribution is 6.74. The number of rotatable bonds is 22. The Labute approximate surface area is 284 Å². The Bertz CT molecular complexity index is 1050. The number of methoxy groups -OCH3 is 2. The van der Waals surface area contributed by atoms with E-state index in [1.165, 1.54) is 50.8 Å². The Hall–Kier alpha value is -1.98. The lowest BCUT2D eigenvalue weighted by atomic mass is 10.1. The minimum absolute atomic E-state index is 0.0455. The molecular weight excluding hydrogens is 624 g/mol. The van der Waals surface area contributed by atoms with Gasteiger partial charge in [0.05, 0.1) is 32.3 Å². The van der Waals surface area contributed by atoms with Crippen LogP contribution < -0.4 is 0 Å². The van der Waals surface area contributed by atoms with Gasteiger partial charge in [-0.05, 0) is 49.4 Å². The van der Waals surface area contributed by atoms with Gasteiger partial charge < -0.3 is 23.9 Å². The van der Waals surface area contributed by atoms with Gasteiger partial charge in [0, 0.05) is 38.7 Å². The minimum Gasteiger partial charge on any atom is -0.499 e.